The predicted molar refractivity (Wildman–Crippen MR) is 144 cm³/mol. The zero-order valence-corrected chi connectivity index (χ0v) is 24.7. The molecule has 12 heteroatoms. The van der Waals surface area contributed by atoms with E-state index in [1.54, 1.807) is 6.92 Å². The van der Waals surface area contributed by atoms with Crippen molar-refractivity contribution in [3.05, 3.63) is 23.8 Å². The Morgan fingerprint density at radius 2 is 1.74 bits per heavy atom. The van der Waals surface area contributed by atoms with E-state index >= 15 is 0 Å². The maximum atomic E-state index is 11.4. The van der Waals surface area contributed by atoms with Gasteiger partial charge in [0, 0.05) is 0 Å². The minimum absolute atomic E-state index is 0.0752. The highest BCUT2D eigenvalue weighted by Gasteiger charge is 2.60. The summed E-state index contributed by atoms with van der Waals surface area (Å²) in [7, 11) is -9.26. The van der Waals surface area contributed by atoms with Gasteiger partial charge in [-0.1, -0.05) is 32.1 Å². The molecule has 0 bridgehead atoms. The molecule has 224 valence electrons. The Balaban J connectivity index is 1.56. The summed E-state index contributed by atoms with van der Waals surface area (Å²) in [6.07, 6.45) is 5.67. The maximum absolute atomic E-state index is 11.4. The largest absolute Gasteiger partial charge is 0.397 e. The van der Waals surface area contributed by atoms with Gasteiger partial charge in [-0.15, -0.1) is 0 Å². The second kappa shape index (κ2) is 11.1. The summed E-state index contributed by atoms with van der Waals surface area (Å²) in [5.74, 6) is 1.03. The van der Waals surface area contributed by atoms with Crippen LogP contribution in [0.4, 0.5) is 0 Å². The van der Waals surface area contributed by atoms with Crippen LogP contribution in [0.1, 0.15) is 78.6 Å². The smallest absolute Gasteiger partial charge is 0.389 e. The van der Waals surface area contributed by atoms with Gasteiger partial charge in [0.2, 0.25) is 0 Å². The molecule has 0 unspecified atom stereocenters. The molecule has 0 aromatic heterocycles. The molecule has 0 aromatic carbocycles. The summed E-state index contributed by atoms with van der Waals surface area (Å²) in [6.45, 7) is 9.88. The van der Waals surface area contributed by atoms with Crippen molar-refractivity contribution in [3.63, 3.8) is 0 Å². The minimum atomic E-state index is -4.67. The summed E-state index contributed by atoms with van der Waals surface area (Å²) in [5, 5.41) is 21.4. The third-order valence-electron chi connectivity index (χ3n) is 10.8. The molecule has 3 saturated carbocycles. The van der Waals surface area contributed by atoms with Crippen molar-refractivity contribution in [1.82, 2.24) is 0 Å². The van der Waals surface area contributed by atoms with Crippen molar-refractivity contribution >= 4 is 20.8 Å². The molecular formula is C27H44O10S2. The molecule has 0 saturated heterocycles. The quantitative estimate of drug-likeness (QED) is 0.216. The first kappa shape index (κ1) is 31.1. The number of hydrogen-bond donors (Lipinski definition) is 4. The lowest BCUT2D eigenvalue weighted by molar-refractivity contribution is -0.0791. The van der Waals surface area contributed by atoms with E-state index < -0.39 is 39.1 Å². The molecule has 0 radical (unpaired) electrons. The van der Waals surface area contributed by atoms with Crippen LogP contribution in [-0.2, 0) is 29.2 Å². The highest BCUT2D eigenvalue weighted by Crippen LogP contribution is 2.67. The zero-order valence-electron chi connectivity index (χ0n) is 23.0. The molecule has 4 aliphatic rings. The number of aliphatic hydroxyl groups is 2. The Labute approximate surface area is 232 Å². The molecule has 0 aromatic rings. The molecule has 0 spiro atoms. The van der Waals surface area contributed by atoms with Crippen molar-refractivity contribution in [2.45, 2.75) is 96.9 Å². The second-order valence-electron chi connectivity index (χ2n) is 12.9. The van der Waals surface area contributed by atoms with E-state index in [-0.39, 0.29) is 29.3 Å². The first-order valence-corrected chi connectivity index (χ1v) is 16.7. The number of aliphatic hydroxyl groups excluding tert-OH is 2. The van der Waals surface area contributed by atoms with Crippen molar-refractivity contribution in [2.75, 3.05) is 6.61 Å². The Bertz CT molecular complexity index is 1180. The van der Waals surface area contributed by atoms with E-state index in [0.717, 1.165) is 37.7 Å². The van der Waals surface area contributed by atoms with Gasteiger partial charge in [-0.3, -0.25) is 9.11 Å². The lowest BCUT2D eigenvalue weighted by atomic mass is 9.46. The number of hydrogen-bond acceptors (Lipinski definition) is 8. The molecule has 10 atom stereocenters. The lowest BCUT2D eigenvalue weighted by Crippen LogP contribution is -2.54. The van der Waals surface area contributed by atoms with Gasteiger partial charge in [-0.25, -0.2) is 8.37 Å². The van der Waals surface area contributed by atoms with Crippen molar-refractivity contribution in [1.29, 1.82) is 0 Å². The molecule has 0 heterocycles. The average Bonchev–Trinajstić information content (AvgIpc) is 3.16. The van der Waals surface area contributed by atoms with Crippen LogP contribution >= 0.6 is 0 Å². The zero-order chi connectivity index (χ0) is 29.0. The third-order valence-corrected chi connectivity index (χ3v) is 11.8. The van der Waals surface area contributed by atoms with Crippen LogP contribution in [0.2, 0.25) is 0 Å². The van der Waals surface area contributed by atoms with Gasteiger partial charge in [-0.05, 0) is 111 Å². The maximum Gasteiger partial charge on any atom is 0.397 e. The fourth-order valence-electron chi connectivity index (χ4n) is 8.97. The number of allylic oxidation sites excluding steroid dienone is 1. The molecule has 4 aliphatic carbocycles. The topological polar surface area (TPSA) is 168 Å². The van der Waals surface area contributed by atoms with Crippen LogP contribution in [-0.4, -0.2) is 61.1 Å². The summed E-state index contributed by atoms with van der Waals surface area (Å²) < 4.78 is 73.6. The molecule has 39 heavy (non-hydrogen) atoms. The Morgan fingerprint density at radius 3 is 2.36 bits per heavy atom. The normalized spacial score (nSPS) is 40.1. The van der Waals surface area contributed by atoms with Crippen molar-refractivity contribution in [2.24, 2.45) is 40.4 Å². The van der Waals surface area contributed by atoms with Gasteiger partial charge >= 0.3 is 20.8 Å². The van der Waals surface area contributed by atoms with E-state index in [9.17, 15) is 31.6 Å². The van der Waals surface area contributed by atoms with E-state index in [2.05, 4.69) is 20.4 Å². The fourth-order valence-corrected chi connectivity index (χ4v) is 9.83. The van der Waals surface area contributed by atoms with Gasteiger partial charge in [-0.2, -0.15) is 16.8 Å². The van der Waals surface area contributed by atoms with Crippen LogP contribution < -0.4 is 0 Å². The standard InChI is InChI=1S/C27H44O10S2/c1-16(2)23(28)10-5-17(15-36-38(30,31)32)19-8-9-20-18-6-7-22-25(29)24(37-39(33,34)35)12-14-27(22,4)21(18)11-13-26(19,20)3/h7,17-21,23-25,28-29H,1,5-6,8-15H2,2-4H3,(H,30,31,32)(H,33,34,35)/t17-,18-,19+,20+,21-,23+,24+,25+,26+,27+/m0/s1. The molecule has 4 N–H and O–H groups in total. The highest BCUT2D eigenvalue weighted by atomic mass is 32.3. The highest BCUT2D eigenvalue weighted by molar-refractivity contribution is 7.81. The predicted octanol–water partition coefficient (Wildman–Crippen LogP) is 3.88. The van der Waals surface area contributed by atoms with Crippen LogP contribution in [0.15, 0.2) is 23.8 Å². The monoisotopic (exact) mass is 592 g/mol. The van der Waals surface area contributed by atoms with Crippen LogP contribution in [0, 0.1) is 40.4 Å². The fraction of sp³-hybridized carbons (Fsp3) is 0.852. The number of fused-ring (bicyclic) bond motifs is 5. The first-order chi connectivity index (χ1) is 18.0. The average molecular weight is 593 g/mol. The Hall–Kier alpha value is -0.860. The Morgan fingerprint density at radius 1 is 1.05 bits per heavy atom. The van der Waals surface area contributed by atoms with E-state index in [1.807, 2.05) is 6.08 Å². The van der Waals surface area contributed by atoms with Gasteiger partial charge < -0.3 is 10.2 Å². The molecule has 0 amide bonds. The molecule has 4 rings (SSSR count). The summed E-state index contributed by atoms with van der Waals surface area (Å²) >= 11 is 0. The second-order valence-corrected chi connectivity index (χ2v) is 15.0. The summed E-state index contributed by atoms with van der Waals surface area (Å²) in [5.41, 5.74) is 1.07. The first-order valence-electron chi connectivity index (χ1n) is 14.0. The minimum Gasteiger partial charge on any atom is -0.389 e. The van der Waals surface area contributed by atoms with Gasteiger partial charge in [0.1, 0.15) is 12.2 Å². The van der Waals surface area contributed by atoms with Gasteiger partial charge in [0.25, 0.3) is 0 Å². The summed E-state index contributed by atoms with van der Waals surface area (Å²) in [4.78, 5) is 0. The molecular weight excluding hydrogens is 548 g/mol. The van der Waals surface area contributed by atoms with Crippen molar-refractivity contribution < 1.29 is 44.5 Å². The van der Waals surface area contributed by atoms with Gasteiger partial charge in [0.05, 0.1) is 12.7 Å². The van der Waals surface area contributed by atoms with E-state index in [0.29, 0.717) is 49.0 Å². The van der Waals surface area contributed by atoms with Crippen LogP contribution in [0.25, 0.3) is 0 Å². The Kier molecular flexibility index (Phi) is 8.84. The van der Waals surface area contributed by atoms with Gasteiger partial charge in [0.15, 0.2) is 0 Å². The molecule has 0 aliphatic heterocycles. The van der Waals surface area contributed by atoms with Crippen molar-refractivity contribution in [3.8, 4) is 0 Å². The third kappa shape index (κ3) is 6.33. The molecule has 10 nitrogen and oxygen atoms in total. The van der Waals surface area contributed by atoms with E-state index in [1.165, 1.54) is 0 Å². The summed E-state index contributed by atoms with van der Waals surface area (Å²) in [6, 6.07) is 0. The van der Waals surface area contributed by atoms with Crippen LogP contribution in [0.3, 0.4) is 0 Å². The SMILES string of the molecule is C=C(C)[C@H](O)CC[C@@H](COS(=O)(=O)O)[C@H]1CC[C@@H]2[C@@H]3CC=C4[C@@H](O)[C@H](OS(=O)(=O)O)CC[C@]4(C)[C@H]3CC[C@]12C. The van der Waals surface area contributed by atoms with Crippen LogP contribution in [0.5, 0.6) is 0 Å². The van der Waals surface area contributed by atoms with E-state index in [4.69, 9.17) is 12.9 Å². The molecule has 3 fully saturated rings. The lowest BCUT2D eigenvalue weighted by Gasteiger charge is -2.59. The number of rotatable bonds is 10.